The van der Waals surface area contributed by atoms with E-state index in [0.29, 0.717) is 6.54 Å². The van der Waals surface area contributed by atoms with E-state index in [0.717, 1.165) is 0 Å². The predicted molar refractivity (Wildman–Crippen MR) is 45.0 cm³/mol. The summed E-state index contributed by atoms with van der Waals surface area (Å²) in [5, 5.41) is 2.78. The maximum atomic E-state index is 10.8. The quantitative estimate of drug-likeness (QED) is 0.439. The smallest absolute Gasteiger partial charge is 0.404 e. The Hall–Kier alpha value is -1.30. The van der Waals surface area contributed by atoms with Crippen molar-refractivity contribution in [1.82, 2.24) is 5.32 Å². The lowest BCUT2D eigenvalue weighted by atomic mass is 10.3. The minimum absolute atomic E-state index is 0.136. The first-order valence-electron chi connectivity index (χ1n) is 3.81. The average Bonchev–Trinajstić information content (AvgIpc) is 2.10. The maximum absolute atomic E-state index is 10.8. The monoisotopic (exact) mass is 190 g/mol. The second kappa shape index (κ2) is 6.24. The van der Waals surface area contributed by atoms with Crippen molar-refractivity contribution in [2.24, 2.45) is 5.73 Å². The minimum atomic E-state index is -0.826. The third-order valence-electron chi connectivity index (χ3n) is 1.35. The van der Waals surface area contributed by atoms with Crippen LogP contribution in [-0.2, 0) is 14.3 Å². The highest BCUT2D eigenvalue weighted by molar-refractivity contribution is 5.75. The van der Waals surface area contributed by atoms with E-state index in [4.69, 9.17) is 5.73 Å². The lowest BCUT2D eigenvalue weighted by Gasteiger charge is -2.10. The molecule has 0 heterocycles. The predicted octanol–water partition coefficient (Wildman–Crippen LogP) is -0.767. The van der Waals surface area contributed by atoms with E-state index >= 15 is 0 Å². The number of carbonyl (C=O) groups is 2. The molecule has 0 aromatic rings. The topological polar surface area (TPSA) is 90.7 Å². The second-order valence-corrected chi connectivity index (χ2v) is 2.37. The van der Waals surface area contributed by atoms with Crippen molar-refractivity contribution in [3.63, 3.8) is 0 Å². The molecule has 0 aliphatic rings. The number of hydrogen-bond donors (Lipinski definition) is 2. The number of methoxy groups -OCH3 is 1. The van der Waals surface area contributed by atoms with E-state index in [2.05, 4.69) is 14.8 Å². The molecule has 0 spiro atoms. The molecule has 0 aliphatic heterocycles. The Labute approximate surface area is 76.4 Å². The van der Waals surface area contributed by atoms with Crippen molar-refractivity contribution < 1.29 is 19.1 Å². The Bertz CT molecular complexity index is 183. The molecule has 0 radical (unpaired) electrons. The Morgan fingerprint density at radius 3 is 2.62 bits per heavy atom. The molecule has 0 aliphatic carbocycles. The normalized spacial score (nSPS) is 11.8. The van der Waals surface area contributed by atoms with Gasteiger partial charge in [-0.1, -0.05) is 0 Å². The SMILES string of the molecule is COC(=O)C(C)NCCOC(N)=O. The molecule has 0 aromatic carbocycles. The fourth-order valence-electron chi connectivity index (χ4n) is 0.687. The Morgan fingerprint density at radius 2 is 2.15 bits per heavy atom. The van der Waals surface area contributed by atoms with Gasteiger partial charge >= 0.3 is 12.1 Å². The van der Waals surface area contributed by atoms with Crippen LogP contribution in [0.2, 0.25) is 0 Å². The molecule has 0 saturated carbocycles. The van der Waals surface area contributed by atoms with E-state index in [9.17, 15) is 9.59 Å². The van der Waals surface area contributed by atoms with Crippen LogP contribution in [0.15, 0.2) is 0 Å². The molecule has 3 N–H and O–H groups in total. The lowest BCUT2D eigenvalue weighted by molar-refractivity contribution is -0.142. The van der Waals surface area contributed by atoms with Gasteiger partial charge in [0.05, 0.1) is 7.11 Å². The zero-order chi connectivity index (χ0) is 10.3. The van der Waals surface area contributed by atoms with Gasteiger partial charge in [0.25, 0.3) is 0 Å². The molecule has 0 bridgehead atoms. The van der Waals surface area contributed by atoms with Gasteiger partial charge in [-0.25, -0.2) is 4.79 Å². The number of ether oxygens (including phenoxy) is 2. The van der Waals surface area contributed by atoms with Crippen molar-refractivity contribution in [1.29, 1.82) is 0 Å². The number of primary amides is 1. The third-order valence-corrected chi connectivity index (χ3v) is 1.35. The number of carbonyl (C=O) groups excluding carboxylic acids is 2. The van der Waals surface area contributed by atoms with Gasteiger partial charge < -0.3 is 20.5 Å². The van der Waals surface area contributed by atoms with Gasteiger partial charge in [-0.05, 0) is 6.92 Å². The molecule has 6 heteroatoms. The van der Waals surface area contributed by atoms with Crippen LogP contribution < -0.4 is 11.1 Å². The Kier molecular flexibility index (Phi) is 5.62. The summed E-state index contributed by atoms with van der Waals surface area (Å²) in [4.78, 5) is 20.9. The lowest BCUT2D eigenvalue weighted by Crippen LogP contribution is -2.37. The molecule has 0 fully saturated rings. The van der Waals surface area contributed by atoms with Crippen molar-refractivity contribution >= 4 is 12.1 Å². The number of esters is 1. The van der Waals surface area contributed by atoms with E-state index in [1.54, 1.807) is 6.92 Å². The fraction of sp³-hybridized carbons (Fsp3) is 0.714. The van der Waals surface area contributed by atoms with Crippen LogP contribution in [0.1, 0.15) is 6.92 Å². The van der Waals surface area contributed by atoms with Crippen LogP contribution >= 0.6 is 0 Å². The van der Waals surface area contributed by atoms with Gasteiger partial charge in [-0.3, -0.25) is 4.79 Å². The summed E-state index contributed by atoms with van der Waals surface area (Å²) in [6, 6.07) is -0.415. The van der Waals surface area contributed by atoms with Crippen LogP contribution in [0.25, 0.3) is 0 Å². The van der Waals surface area contributed by atoms with Gasteiger partial charge in [0.1, 0.15) is 12.6 Å². The van der Waals surface area contributed by atoms with Crippen molar-refractivity contribution in [2.45, 2.75) is 13.0 Å². The highest BCUT2D eigenvalue weighted by atomic mass is 16.5. The molecule has 1 unspecified atom stereocenters. The van der Waals surface area contributed by atoms with Gasteiger partial charge in [-0.15, -0.1) is 0 Å². The number of nitrogens with one attached hydrogen (secondary N) is 1. The van der Waals surface area contributed by atoms with E-state index in [1.807, 2.05) is 0 Å². The molecule has 1 atom stereocenters. The summed E-state index contributed by atoms with van der Waals surface area (Å²) in [5.74, 6) is -0.362. The van der Waals surface area contributed by atoms with Crippen LogP contribution in [0.3, 0.4) is 0 Å². The Balaban J connectivity index is 3.42. The van der Waals surface area contributed by atoms with Crippen molar-refractivity contribution in [2.75, 3.05) is 20.3 Å². The number of amides is 1. The number of nitrogens with two attached hydrogens (primary N) is 1. The molecule has 6 nitrogen and oxygen atoms in total. The van der Waals surface area contributed by atoms with Crippen LogP contribution in [0.4, 0.5) is 4.79 Å². The number of hydrogen-bond acceptors (Lipinski definition) is 5. The first-order chi connectivity index (χ1) is 6.07. The highest BCUT2D eigenvalue weighted by Crippen LogP contribution is 1.84. The first kappa shape index (κ1) is 11.7. The summed E-state index contributed by atoms with van der Waals surface area (Å²) >= 11 is 0. The van der Waals surface area contributed by atoms with Crippen molar-refractivity contribution in [3.8, 4) is 0 Å². The maximum Gasteiger partial charge on any atom is 0.404 e. The van der Waals surface area contributed by atoms with Gasteiger partial charge in [0, 0.05) is 6.54 Å². The zero-order valence-corrected chi connectivity index (χ0v) is 7.70. The van der Waals surface area contributed by atoms with Gasteiger partial charge in [-0.2, -0.15) is 0 Å². The van der Waals surface area contributed by atoms with Crippen LogP contribution in [0, 0.1) is 0 Å². The van der Waals surface area contributed by atoms with Crippen molar-refractivity contribution in [3.05, 3.63) is 0 Å². The molecule has 1 amide bonds. The summed E-state index contributed by atoms with van der Waals surface area (Å²) in [7, 11) is 1.31. The van der Waals surface area contributed by atoms with Crippen LogP contribution in [0.5, 0.6) is 0 Å². The second-order valence-electron chi connectivity index (χ2n) is 2.37. The molecule has 13 heavy (non-hydrogen) atoms. The summed E-state index contributed by atoms with van der Waals surface area (Å²) < 4.78 is 8.89. The molecule has 0 rings (SSSR count). The summed E-state index contributed by atoms with van der Waals surface area (Å²) in [6.07, 6.45) is -0.826. The largest absolute Gasteiger partial charge is 0.468 e. The molecule has 76 valence electrons. The summed E-state index contributed by atoms with van der Waals surface area (Å²) in [5.41, 5.74) is 4.71. The van der Waals surface area contributed by atoms with E-state index in [1.165, 1.54) is 7.11 Å². The average molecular weight is 190 g/mol. The molecular weight excluding hydrogens is 176 g/mol. The zero-order valence-electron chi connectivity index (χ0n) is 7.70. The van der Waals surface area contributed by atoms with Gasteiger partial charge in [0.2, 0.25) is 0 Å². The highest BCUT2D eigenvalue weighted by Gasteiger charge is 2.11. The van der Waals surface area contributed by atoms with E-state index in [-0.39, 0.29) is 12.6 Å². The van der Waals surface area contributed by atoms with Crippen LogP contribution in [-0.4, -0.2) is 38.4 Å². The summed E-state index contributed by atoms with van der Waals surface area (Å²) in [6.45, 7) is 2.14. The molecule has 0 saturated heterocycles. The fourth-order valence-corrected chi connectivity index (χ4v) is 0.687. The Morgan fingerprint density at radius 1 is 1.54 bits per heavy atom. The van der Waals surface area contributed by atoms with Gasteiger partial charge in [0.15, 0.2) is 0 Å². The minimum Gasteiger partial charge on any atom is -0.468 e. The first-order valence-corrected chi connectivity index (χ1v) is 3.81. The molecule has 0 aromatic heterocycles. The molecular formula is C7H14N2O4. The standard InChI is InChI=1S/C7H14N2O4/c1-5(6(10)12-2)9-3-4-13-7(8)11/h5,9H,3-4H2,1-2H3,(H2,8,11). The van der Waals surface area contributed by atoms with E-state index < -0.39 is 12.1 Å². The number of rotatable bonds is 5. The third kappa shape index (κ3) is 5.92.